The highest BCUT2D eigenvalue weighted by molar-refractivity contribution is 6.30. The number of rotatable bonds is 4. The van der Waals surface area contributed by atoms with Crippen LogP contribution in [0, 0.1) is 23.7 Å². The van der Waals surface area contributed by atoms with Crippen molar-refractivity contribution < 1.29 is 14.4 Å². The Hall–Kier alpha value is -2.14. The number of fused-ring (bicyclic) bond motifs is 5. The zero-order chi connectivity index (χ0) is 16.8. The molecule has 2 fully saturated rings. The molecule has 1 aromatic rings. The number of allylic oxidation sites excluding steroid dienone is 2. The highest BCUT2D eigenvalue weighted by atomic mass is 35.5. The molecule has 3 aliphatic rings. The fraction of sp³-hybridized carbons (Fsp3) is 0.389. The second-order valence-electron chi connectivity index (χ2n) is 6.59. The van der Waals surface area contributed by atoms with Gasteiger partial charge in [-0.2, -0.15) is 0 Å². The smallest absolute Gasteiger partial charge is 0.251 e. The molecule has 0 aromatic heterocycles. The molecule has 2 bridgehead atoms. The molecule has 6 heteroatoms. The first-order valence-corrected chi connectivity index (χ1v) is 8.51. The summed E-state index contributed by atoms with van der Waals surface area (Å²) >= 11 is 5.87. The fourth-order valence-corrected chi connectivity index (χ4v) is 4.39. The average Bonchev–Trinajstić information content (AvgIpc) is 3.24. The minimum atomic E-state index is -0.265. The molecule has 124 valence electrons. The van der Waals surface area contributed by atoms with Crippen molar-refractivity contribution in [3.05, 3.63) is 47.0 Å². The zero-order valence-corrected chi connectivity index (χ0v) is 13.7. The number of carbonyl (C=O) groups is 3. The zero-order valence-electron chi connectivity index (χ0n) is 12.9. The van der Waals surface area contributed by atoms with Gasteiger partial charge in [0.2, 0.25) is 11.8 Å². The summed E-state index contributed by atoms with van der Waals surface area (Å²) in [6.45, 7) is 0.460. The number of hydrogen-bond acceptors (Lipinski definition) is 3. The summed E-state index contributed by atoms with van der Waals surface area (Å²) in [6.07, 6.45) is 5.06. The molecule has 5 nitrogen and oxygen atoms in total. The van der Waals surface area contributed by atoms with Crippen LogP contribution < -0.4 is 5.32 Å². The lowest BCUT2D eigenvalue weighted by Gasteiger charge is -2.17. The number of hydrogen-bond donors (Lipinski definition) is 1. The first-order valence-electron chi connectivity index (χ1n) is 8.13. The topological polar surface area (TPSA) is 66.5 Å². The van der Waals surface area contributed by atoms with Crippen molar-refractivity contribution in [3.63, 3.8) is 0 Å². The van der Waals surface area contributed by atoms with Gasteiger partial charge in [-0.3, -0.25) is 19.3 Å². The second-order valence-corrected chi connectivity index (χ2v) is 7.03. The van der Waals surface area contributed by atoms with Crippen LogP contribution in [-0.4, -0.2) is 35.7 Å². The van der Waals surface area contributed by atoms with Crippen molar-refractivity contribution in [2.75, 3.05) is 13.1 Å². The third-order valence-corrected chi connectivity index (χ3v) is 5.50. The van der Waals surface area contributed by atoms with Crippen molar-refractivity contribution in [2.45, 2.75) is 6.42 Å². The van der Waals surface area contributed by atoms with Crippen molar-refractivity contribution >= 4 is 29.3 Å². The monoisotopic (exact) mass is 344 g/mol. The molecule has 4 atom stereocenters. The highest BCUT2D eigenvalue weighted by Gasteiger charge is 2.58. The van der Waals surface area contributed by atoms with Gasteiger partial charge in [-0.15, -0.1) is 0 Å². The molecule has 0 spiro atoms. The molecule has 0 unspecified atom stereocenters. The first-order chi connectivity index (χ1) is 11.6. The van der Waals surface area contributed by atoms with Crippen LogP contribution in [0.4, 0.5) is 0 Å². The Morgan fingerprint density at radius 3 is 2.46 bits per heavy atom. The van der Waals surface area contributed by atoms with E-state index in [9.17, 15) is 14.4 Å². The van der Waals surface area contributed by atoms with Crippen LogP contribution in [0.25, 0.3) is 0 Å². The van der Waals surface area contributed by atoms with Gasteiger partial charge in [0.05, 0.1) is 11.8 Å². The average molecular weight is 345 g/mol. The Labute approximate surface area is 144 Å². The van der Waals surface area contributed by atoms with E-state index in [4.69, 9.17) is 11.6 Å². The number of carbonyl (C=O) groups excluding carboxylic acids is 3. The van der Waals surface area contributed by atoms with E-state index < -0.39 is 0 Å². The van der Waals surface area contributed by atoms with Gasteiger partial charge in [-0.05, 0) is 36.5 Å². The molecule has 1 aromatic carbocycles. The molecule has 24 heavy (non-hydrogen) atoms. The molecule has 1 saturated carbocycles. The van der Waals surface area contributed by atoms with Crippen LogP contribution >= 0.6 is 11.6 Å². The normalized spacial score (nSPS) is 30.1. The Morgan fingerprint density at radius 2 is 1.83 bits per heavy atom. The van der Waals surface area contributed by atoms with Crippen LogP contribution in [0.3, 0.4) is 0 Å². The maximum Gasteiger partial charge on any atom is 0.251 e. The van der Waals surface area contributed by atoms with Crippen LogP contribution in [-0.2, 0) is 9.59 Å². The van der Waals surface area contributed by atoms with Crippen LogP contribution in [0.5, 0.6) is 0 Å². The third-order valence-electron chi connectivity index (χ3n) is 5.27. The van der Waals surface area contributed by atoms with Crippen molar-refractivity contribution in [2.24, 2.45) is 23.7 Å². The number of amides is 3. The predicted octanol–water partition coefficient (Wildman–Crippen LogP) is 1.88. The summed E-state index contributed by atoms with van der Waals surface area (Å²) in [5, 5.41) is 3.23. The Kier molecular flexibility index (Phi) is 3.68. The molecule has 1 saturated heterocycles. The van der Waals surface area contributed by atoms with Crippen molar-refractivity contribution in [1.82, 2.24) is 10.2 Å². The molecule has 0 radical (unpaired) electrons. The lowest BCUT2D eigenvalue weighted by Crippen LogP contribution is -2.39. The number of imide groups is 1. The molecule has 2 aliphatic carbocycles. The maximum absolute atomic E-state index is 12.5. The van der Waals surface area contributed by atoms with Gasteiger partial charge in [0.25, 0.3) is 5.91 Å². The fourth-order valence-electron chi connectivity index (χ4n) is 4.20. The molecule has 1 N–H and O–H groups in total. The quantitative estimate of drug-likeness (QED) is 0.670. The minimum Gasteiger partial charge on any atom is -0.350 e. The van der Waals surface area contributed by atoms with E-state index >= 15 is 0 Å². The van der Waals surface area contributed by atoms with Gasteiger partial charge < -0.3 is 5.32 Å². The lowest BCUT2D eigenvalue weighted by molar-refractivity contribution is -0.140. The van der Waals surface area contributed by atoms with Gasteiger partial charge in [0.1, 0.15) is 0 Å². The highest BCUT2D eigenvalue weighted by Crippen LogP contribution is 2.52. The number of halogens is 1. The van der Waals surface area contributed by atoms with Gasteiger partial charge in [-0.25, -0.2) is 0 Å². The van der Waals surface area contributed by atoms with Crippen molar-refractivity contribution in [3.8, 4) is 0 Å². The SMILES string of the molecule is O=C(NCCN1C(=O)[C@H]2[C@H](C1=O)[C@H]1C=C[C@H]2C1)c1cccc(Cl)c1. The number of likely N-dealkylation sites (tertiary alicyclic amines) is 1. The third kappa shape index (κ3) is 2.35. The van der Waals surface area contributed by atoms with Gasteiger partial charge in [0.15, 0.2) is 0 Å². The Bertz CT molecular complexity index is 730. The Morgan fingerprint density at radius 1 is 1.17 bits per heavy atom. The summed E-state index contributed by atoms with van der Waals surface area (Å²) in [6, 6.07) is 6.65. The van der Waals surface area contributed by atoms with Crippen LogP contribution in [0.1, 0.15) is 16.8 Å². The number of benzene rings is 1. The van der Waals surface area contributed by atoms with E-state index in [1.807, 2.05) is 0 Å². The molecule has 4 rings (SSSR count). The first kappa shape index (κ1) is 15.4. The summed E-state index contributed by atoms with van der Waals surface area (Å²) < 4.78 is 0. The van der Waals surface area contributed by atoms with E-state index in [2.05, 4.69) is 17.5 Å². The predicted molar refractivity (Wildman–Crippen MR) is 88.2 cm³/mol. The van der Waals surface area contributed by atoms with Crippen LogP contribution in [0.2, 0.25) is 5.02 Å². The van der Waals surface area contributed by atoms with Gasteiger partial charge >= 0.3 is 0 Å². The number of nitrogens with one attached hydrogen (secondary N) is 1. The standard InChI is InChI=1S/C18H17ClN2O3/c19-13-3-1-2-12(9-13)16(22)20-6-7-21-17(23)14-10-4-5-11(8-10)15(14)18(21)24/h1-5,9-11,14-15H,6-8H2,(H,20,22)/t10-,11-,14+,15+/m0/s1. The molecular weight excluding hydrogens is 328 g/mol. The summed E-state index contributed by atoms with van der Waals surface area (Å²) in [5.41, 5.74) is 0.459. The minimum absolute atomic E-state index is 0.0844. The molecule has 1 heterocycles. The van der Waals surface area contributed by atoms with E-state index in [0.717, 1.165) is 6.42 Å². The van der Waals surface area contributed by atoms with E-state index in [1.165, 1.54) is 4.90 Å². The van der Waals surface area contributed by atoms with Gasteiger partial charge in [0, 0.05) is 23.7 Å². The molecule has 3 amide bonds. The van der Waals surface area contributed by atoms with Gasteiger partial charge in [-0.1, -0.05) is 29.8 Å². The molecule has 1 aliphatic heterocycles. The lowest BCUT2D eigenvalue weighted by atomic mass is 9.85. The van der Waals surface area contributed by atoms with E-state index in [-0.39, 0.29) is 54.5 Å². The summed E-state index contributed by atoms with van der Waals surface area (Å²) in [4.78, 5) is 38.4. The van der Waals surface area contributed by atoms with E-state index in [1.54, 1.807) is 24.3 Å². The summed E-state index contributed by atoms with van der Waals surface area (Å²) in [5.74, 6) is -0.381. The molecular formula is C18H17ClN2O3. The largest absolute Gasteiger partial charge is 0.350 e. The second kappa shape index (κ2) is 5.74. The van der Waals surface area contributed by atoms with Crippen molar-refractivity contribution in [1.29, 1.82) is 0 Å². The maximum atomic E-state index is 12.5. The van der Waals surface area contributed by atoms with E-state index in [0.29, 0.717) is 10.6 Å². The van der Waals surface area contributed by atoms with Crippen LogP contribution in [0.15, 0.2) is 36.4 Å². The summed E-state index contributed by atoms with van der Waals surface area (Å²) in [7, 11) is 0. The number of nitrogens with zero attached hydrogens (tertiary/aromatic N) is 1. The Balaban J connectivity index is 1.36.